The van der Waals surface area contributed by atoms with Gasteiger partial charge in [-0.05, 0) is 25.7 Å². The molecule has 0 saturated heterocycles. The van der Waals surface area contributed by atoms with E-state index >= 15 is 0 Å². The van der Waals surface area contributed by atoms with Crippen LogP contribution in [-0.2, 0) is 0 Å². The first-order valence-electron chi connectivity index (χ1n) is 4.57. The lowest BCUT2D eigenvalue weighted by Crippen LogP contribution is -2.14. The van der Waals surface area contributed by atoms with Crippen LogP contribution < -0.4 is 5.32 Å². The number of allylic oxidation sites excluding steroid dienone is 2. The topological polar surface area (TPSA) is 12.0 Å². The van der Waals surface area contributed by atoms with E-state index in [1.54, 1.807) is 0 Å². The van der Waals surface area contributed by atoms with Gasteiger partial charge in [-0.2, -0.15) is 0 Å². The second-order valence-electron chi connectivity index (χ2n) is 3.40. The van der Waals surface area contributed by atoms with Gasteiger partial charge in [0.25, 0.3) is 0 Å². The zero-order valence-electron chi connectivity index (χ0n) is 8.28. The number of rotatable bonds is 5. The molecule has 0 saturated carbocycles. The van der Waals surface area contributed by atoms with Gasteiger partial charge < -0.3 is 5.32 Å². The normalized spacial score (nSPS) is 12.3. The molecule has 1 heteroatoms. The maximum atomic E-state index is 3.38. The van der Waals surface area contributed by atoms with Gasteiger partial charge in [0.2, 0.25) is 0 Å². The van der Waals surface area contributed by atoms with Gasteiger partial charge in [0.1, 0.15) is 0 Å². The van der Waals surface area contributed by atoms with Crippen LogP contribution in [0.3, 0.4) is 0 Å². The largest absolute Gasteiger partial charge is 0.389 e. The van der Waals surface area contributed by atoms with Crippen LogP contribution in [-0.4, -0.2) is 6.54 Å². The van der Waals surface area contributed by atoms with Crippen molar-refractivity contribution in [3.63, 3.8) is 0 Å². The Bertz CT molecular complexity index is 114. The molecule has 0 atom stereocenters. The number of nitrogens with one attached hydrogen (secondary N) is 1. The molecule has 0 aliphatic carbocycles. The average Bonchev–Trinajstić information content (AvgIpc) is 1.87. The molecule has 66 valence electrons. The van der Waals surface area contributed by atoms with E-state index in [0.29, 0.717) is 0 Å². The molecule has 0 fully saturated rings. The fourth-order valence-electron chi connectivity index (χ4n) is 0.936. The van der Waals surface area contributed by atoms with Crippen molar-refractivity contribution >= 4 is 0 Å². The van der Waals surface area contributed by atoms with Crippen molar-refractivity contribution in [3.8, 4) is 0 Å². The van der Waals surface area contributed by atoms with Gasteiger partial charge >= 0.3 is 0 Å². The summed E-state index contributed by atoms with van der Waals surface area (Å²) >= 11 is 0. The summed E-state index contributed by atoms with van der Waals surface area (Å²) in [5.74, 6) is 0.803. The second kappa shape index (κ2) is 6.26. The van der Waals surface area contributed by atoms with E-state index in [1.807, 2.05) is 0 Å². The number of hydrogen-bond donors (Lipinski definition) is 1. The third-order valence-corrected chi connectivity index (χ3v) is 1.64. The molecule has 0 heterocycles. The highest BCUT2D eigenvalue weighted by atomic mass is 14.9. The third kappa shape index (κ3) is 7.44. The molecule has 0 aliphatic rings. The SMILES string of the molecule is CC/C=C(\C)NCCC(C)C. The van der Waals surface area contributed by atoms with E-state index in [9.17, 15) is 0 Å². The Morgan fingerprint density at radius 1 is 1.45 bits per heavy atom. The Hall–Kier alpha value is -0.460. The van der Waals surface area contributed by atoms with E-state index in [0.717, 1.165) is 18.9 Å². The van der Waals surface area contributed by atoms with E-state index in [2.05, 4.69) is 39.1 Å². The van der Waals surface area contributed by atoms with Gasteiger partial charge in [0.15, 0.2) is 0 Å². The van der Waals surface area contributed by atoms with Crippen molar-refractivity contribution in [3.05, 3.63) is 11.8 Å². The molecule has 0 aromatic rings. The molecular formula is C10H21N. The standard InChI is InChI=1S/C10H21N/c1-5-6-10(4)11-8-7-9(2)3/h6,9,11H,5,7-8H2,1-4H3/b10-6+. The van der Waals surface area contributed by atoms with E-state index in [-0.39, 0.29) is 0 Å². The average molecular weight is 155 g/mol. The Labute approximate surface area is 70.9 Å². The molecule has 0 rings (SSSR count). The van der Waals surface area contributed by atoms with Crippen LogP contribution in [0.25, 0.3) is 0 Å². The Morgan fingerprint density at radius 2 is 2.09 bits per heavy atom. The molecule has 0 amide bonds. The van der Waals surface area contributed by atoms with Crippen LogP contribution in [0.5, 0.6) is 0 Å². The Morgan fingerprint density at radius 3 is 2.55 bits per heavy atom. The minimum atomic E-state index is 0.803. The predicted octanol–water partition coefficient (Wildman–Crippen LogP) is 2.94. The lowest BCUT2D eigenvalue weighted by molar-refractivity contribution is 0.563. The molecule has 11 heavy (non-hydrogen) atoms. The molecule has 0 aliphatic heterocycles. The zero-order chi connectivity index (χ0) is 8.69. The fraction of sp³-hybridized carbons (Fsp3) is 0.800. The Balaban J connectivity index is 3.31. The summed E-state index contributed by atoms with van der Waals surface area (Å²) in [6.45, 7) is 9.90. The molecule has 1 N–H and O–H groups in total. The molecule has 0 aromatic carbocycles. The lowest BCUT2D eigenvalue weighted by atomic mass is 10.1. The summed E-state index contributed by atoms with van der Waals surface area (Å²) in [6.07, 6.45) is 4.61. The van der Waals surface area contributed by atoms with Crippen LogP contribution in [0.4, 0.5) is 0 Å². The van der Waals surface area contributed by atoms with Crippen molar-refractivity contribution in [2.24, 2.45) is 5.92 Å². The van der Waals surface area contributed by atoms with Gasteiger partial charge in [-0.15, -0.1) is 0 Å². The van der Waals surface area contributed by atoms with Crippen LogP contribution in [0.1, 0.15) is 40.5 Å². The molecule has 0 bridgehead atoms. The van der Waals surface area contributed by atoms with Gasteiger partial charge in [-0.3, -0.25) is 0 Å². The summed E-state index contributed by atoms with van der Waals surface area (Å²) in [5, 5.41) is 3.38. The predicted molar refractivity (Wildman–Crippen MR) is 51.5 cm³/mol. The van der Waals surface area contributed by atoms with Gasteiger partial charge in [0, 0.05) is 12.2 Å². The summed E-state index contributed by atoms with van der Waals surface area (Å²) in [7, 11) is 0. The Kier molecular flexibility index (Phi) is 6.00. The van der Waals surface area contributed by atoms with Crippen molar-refractivity contribution in [1.82, 2.24) is 5.32 Å². The van der Waals surface area contributed by atoms with Crippen molar-refractivity contribution in [2.45, 2.75) is 40.5 Å². The maximum Gasteiger partial charge on any atom is 0.0146 e. The first-order valence-corrected chi connectivity index (χ1v) is 4.57. The summed E-state index contributed by atoms with van der Waals surface area (Å²) in [6, 6.07) is 0. The van der Waals surface area contributed by atoms with Crippen LogP contribution in [0.15, 0.2) is 11.8 Å². The fourth-order valence-corrected chi connectivity index (χ4v) is 0.936. The van der Waals surface area contributed by atoms with Gasteiger partial charge in [-0.1, -0.05) is 26.8 Å². The molecule has 0 aromatic heterocycles. The molecule has 0 spiro atoms. The smallest absolute Gasteiger partial charge is 0.0146 e. The van der Waals surface area contributed by atoms with Crippen LogP contribution in [0.2, 0.25) is 0 Å². The highest BCUT2D eigenvalue weighted by Crippen LogP contribution is 1.98. The number of hydrogen-bond acceptors (Lipinski definition) is 1. The molecule has 1 nitrogen and oxygen atoms in total. The molecule has 0 radical (unpaired) electrons. The highest BCUT2D eigenvalue weighted by Gasteiger charge is 1.92. The van der Waals surface area contributed by atoms with Crippen molar-refractivity contribution in [2.75, 3.05) is 6.54 Å². The summed E-state index contributed by atoms with van der Waals surface area (Å²) in [4.78, 5) is 0. The third-order valence-electron chi connectivity index (χ3n) is 1.64. The van der Waals surface area contributed by atoms with E-state index in [4.69, 9.17) is 0 Å². The zero-order valence-corrected chi connectivity index (χ0v) is 8.28. The summed E-state index contributed by atoms with van der Waals surface area (Å²) < 4.78 is 0. The van der Waals surface area contributed by atoms with Crippen LogP contribution in [0, 0.1) is 5.92 Å². The monoisotopic (exact) mass is 155 g/mol. The first-order chi connectivity index (χ1) is 5.16. The maximum absolute atomic E-state index is 3.38. The first kappa shape index (κ1) is 10.5. The van der Waals surface area contributed by atoms with Crippen LogP contribution >= 0.6 is 0 Å². The van der Waals surface area contributed by atoms with Crippen molar-refractivity contribution in [1.29, 1.82) is 0 Å². The minimum Gasteiger partial charge on any atom is -0.389 e. The molecular weight excluding hydrogens is 134 g/mol. The lowest BCUT2D eigenvalue weighted by Gasteiger charge is -2.07. The quantitative estimate of drug-likeness (QED) is 0.643. The van der Waals surface area contributed by atoms with Gasteiger partial charge in [0.05, 0.1) is 0 Å². The molecule has 0 unspecified atom stereocenters. The second-order valence-corrected chi connectivity index (χ2v) is 3.40. The minimum absolute atomic E-state index is 0.803. The summed E-state index contributed by atoms with van der Waals surface area (Å²) in [5.41, 5.74) is 1.31. The van der Waals surface area contributed by atoms with E-state index in [1.165, 1.54) is 12.1 Å². The van der Waals surface area contributed by atoms with Crippen molar-refractivity contribution < 1.29 is 0 Å². The highest BCUT2D eigenvalue weighted by molar-refractivity contribution is 4.94. The van der Waals surface area contributed by atoms with Gasteiger partial charge in [-0.25, -0.2) is 0 Å². The van der Waals surface area contributed by atoms with E-state index < -0.39 is 0 Å².